The van der Waals surface area contributed by atoms with Crippen molar-refractivity contribution in [2.24, 2.45) is 0 Å². The number of hydrogen-bond donors (Lipinski definition) is 1. The molecule has 0 spiro atoms. The molecular weight excluding hydrogens is 356 g/mol. The van der Waals surface area contributed by atoms with Gasteiger partial charge in [-0.1, -0.05) is 12.1 Å². The second-order valence-electron chi connectivity index (χ2n) is 4.67. The maximum absolute atomic E-state index is 13.5. The summed E-state index contributed by atoms with van der Waals surface area (Å²) in [5, 5.41) is 3.24. The summed E-state index contributed by atoms with van der Waals surface area (Å²) in [4.78, 5) is 1.02. The summed E-state index contributed by atoms with van der Waals surface area (Å²) in [6.07, 6.45) is 0.725. The lowest BCUT2D eigenvalue weighted by Gasteiger charge is -2.17. The van der Waals surface area contributed by atoms with Crippen molar-refractivity contribution in [1.82, 2.24) is 5.32 Å². The van der Waals surface area contributed by atoms with Crippen molar-refractivity contribution in [3.05, 3.63) is 64.1 Å². The Morgan fingerprint density at radius 1 is 1.14 bits per heavy atom. The molecule has 0 aliphatic heterocycles. The minimum absolute atomic E-state index is 0.207. The van der Waals surface area contributed by atoms with E-state index >= 15 is 0 Å². The molecule has 1 N–H and O–H groups in total. The molecule has 0 saturated heterocycles. The molecule has 2 rings (SSSR count). The zero-order valence-electron chi connectivity index (χ0n) is 11.6. The molecule has 1 nitrogen and oxygen atoms in total. The number of benzene rings is 2. The van der Waals surface area contributed by atoms with Crippen molar-refractivity contribution in [1.29, 1.82) is 0 Å². The van der Waals surface area contributed by atoms with E-state index in [-0.39, 0.29) is 17.7 Å². The van der Waals surface area contributed by atoms with Gasteiger partial charge in [-0.15, -0.1) is 11.8 Å². The Hall–Kier alpha value is -0.910. The lowest BCUT2D eigenvalue weighted by Crippen LogP contribution is -2.30. The van der Waals surface area contributed by atoms with Gasteiger partial charge in [0.05, 0.1) is 4.47 Å². The van der Waals surface area contributed by atoms with Gasteiger partial charge in [0.1, 0.15) is 11.6 Å². The van der Waals surface area contributed by atoms with Crippen molar-refractivity contribution in [2.45, 2.75) is 17.4 Å². The molecule has 2 aromatic rings. The summed E-state index contributed by atoms with van der Waals surface area (Å²) in [5.41, 5.74) is 0.939. The van der Waals surface area contributed by atoms with Crippen LogP contribution in [0.1, 0.15) is 5.56 Å². The highest BCUT2D eigenvalue weighted by atomic mass is 79.9. The number of halogens is 3. The minimum atomic E-state index is -0.242. The average molecular weight is 372 g/mol. The van der Waals surface area contributed by atoms with Crippen LogP contribution in [0.5, 0.6) is 0 Å². The quantitative estimate of drug-likeness (QED) is 0.741. The standard InChI is InChI=1S/C16H16BrF2NS/c1-20-13(9-11-3-2-4-15(19)16(11)17)10-21-14-7-5-12(18)6-8-14/h2-8,13,20H,9-10H2,1H3. The number of thioether (sulfide) groups is 1. The van der Waals surface area contributed by atoms with Crippen LogP contribution >= 0.6 is 27.7 Å². The molecule has 0 fully saturated rings. The number of rotatable bonds is 6. The van der Waals surface area contributed by atoms with Crippen LogP contribution in [0.4, 0.5) is 8.78 Å². The summed E-state index contributed by atoms with van der Waals surface area (Å²) < 4.78 is 26.9. The molecule has 0 amide bonds. The van der Waals surface area contributed by atoms with E-state index < -0.39 is 0 Å². The van der Waals surface area contributed by atoms with Gasteiger partial charge >= 0.3 is 0 Å². The first-order chi connectivity index (χ1) is 10.1. The number of hydrogen-bond acceptors (Lipinski definition) is 2. The molecule has 5 heteroatoms. The third kappa shape index (κ3) is 4.80. The second kappa shape index (κ2) is 7.92. The smallest absolute Gasteiger partial charge is 0.137 e. The first-order valence-electron chi connectivity index (χ1n) is 6.58. The molecule has 1 atom stereocenters. The van der Waals surface area contributed by atoms with Gasteiger partial charge in [0.15, 0.2) is 0 Å². The summed E-state index contributed by atoms with van der Waals surface area (Å²) in [5.74, 6) is 0.354. The molecule has 0 radical (unpaired) electrons. The Kier molecular flexibility index (Phi) is 6.21. The highest BCUT2D eigenvalue weighted by Gasteiger charge is 2.12. The molecular formula is C16H16BrF2NS. The maximum Gasteiger partial charge on any atom is 0.137 e. The van der Waals surface area contributed by atoms with Gasteiger partial charge in [0, 0.05) is 16.7 Å². The van der Waals surface area contributed by atoms with Gasteiger partial charge in [0.2, 0.25) is 0 Å². The fourth-order valence-electron chi connectivity index (χ4n) is 1.94. The van der Waals surface area contributed by atoms with Crippen LogP contribution < -0.4 is 5.32 Å². The van der Waals surface area contributed by atoms with Gasteiger partial charge in [-0.05, 0) is 65.3 Å². The third-order valence-corrected chi connectivity index (χ3v) is 5.23. The van der Waals surface area contributed by atoms with E-state index in [1.54, 1.807) is 30.0 Å². The van der Waals surface area contributed by atoms with Gasteiger partial charge < -0.3 is 5.32 Å². The Labute approximate surface area is 136 Å². The van der Waals surface area contributed by atoms with Crippen LogP contribution in [-0.4, -0.2) is 18.8 Å². The van der Waals surface area contributed by atoms with Crippen molar-refractivity contribution >= 4 is 27.7 Å². The van der Waals surface area contributed by atoms with E-state index in [1.807, 2.05) is 13.1 Å². The van der Waals surface area contributed by atoms with Crippen molar-refractivity contribution < 1.29 is 8.78 Å². The molecule has 0 saturated carbocycles. The van der Waals surface area contributed by atoms with Crippen LogP contribution in [-0.2, 0) is 6.42 Å². The van der Waals surface area contributed by atoms with E-state index in [1.165, 1.54) is 18.2 Å². The number of likely N-dealkylation sites (N-methyl/N-ethyl adjacent to an activating group) is 1. The number of nitrogens with one attached hydrogen (secondary N) is 1. The van der Waals surface area contributed by atoms with E-state index in [2.05, 4.69) is 21.2 Å². The molecule has 112 valence electrons. The Morgan fingerprint density at radius 2 is 1.86 bits per heavy atom. The molecule has 0 heterocycles. The summed E-state index contributed by atoms with van der Waals surface area (Å²) in [7, 11) is 1.89. The fraction of sp³-hybridized carbons (Fsp3) is 0.250. The largest absolute Gasteiger partial charge is 0.316 e. The van der Waals surface area contributed by atoms with Crippen LogP contribution in [0.3, 0.4) is 0 Å². The van der Waals surface area contributed by atoms with Gasteiger partial charge in [-0.3, -0.25) is 0 Å². The minimum Gasteiger partial charge on any atom is -0.316 e. The molecule has 1 unspecified atom stereocenters. The third-order valence-electron chi connectivity index (χ3n) is 3.17. The SMILES string of the molecule is CNC(CSc1ccc(F)cc1)Cc1cccc(F)c1Br. The van der Waals surface area contributed by atoms with Crippen molar-refractivity contribution in [2.75, 3.05) is 12.8 Å². The monoisotopic (exact) mass is 371 g/mol. The summed E-state index contributed by atoms with van der Waals surface area (Å²) >= 11 is 4.94. The van der Waals surface area contributed by atoms with Crippen LogP contribution in [0.2, 0.25) is 0 Å². The first kappa shape index (κ1) is 16.5. The second-order valence-corrected chi connectivity index (χ2v) is 6.55. The molecule has 0 bridgehead atoms. The highest BCUT2D eigenvalue weighted by Crippen LogP contribution is 2.24. The van der Waals surface area contributed by atoms with E-state index in [0.29, 0.717) is 4.47 Å². The van der Waals surface area contributed by atoms with Crippen LogP contribution in [0.15, 0.2) is 51.8 Å². The van der Waals surface area contributed by atoms with Crippen LogP contribution in [0, 0.1) is 11.6 Å². The summed E-state index contributed by atoms with van der Waals surface area (Å²) in [6.45, 7) is 0. The normalized spacial score (nSPS) is 12.4. The highest BCUT2D eigenvalue weighted by molar-refractivity contribution is 9.10. The fourth-order valence-corrected chi connectivity index (χ4v) is 3.38. The van der Waals surface area contributed by atoms with Gasteiger partial charge in [-0.2, -0.15) is 0 Å². The molecule has 2 aromatic carbocycles. The molecule has 0 aliphatic carbocycles. The molecule has 21 heavy (non-hydrogen) atoms. The van der Waals surface area contributed by atoms with Crippen molar-refractivity contribution in [3.8, 4) is 0 Å². The molecule has 0 aliphatic rings. The zero-order chi connectivity index (χ0) is 15.2. The van der Waals surface area contributed by atoms with Crippen molar-refractivity contribution in [3.63, 3.8) is 0 Å². The van der Waals surface area contributed by atoms with Crippen LogP contribution in [0.25, 0.3) is 0 Å². The summed E-state index contributed by atoms with van der Waals surface area (Å²) in [6, 6.07) is 11.7. The maximum atomic E-state index is 13.5. The lowest BCUT2D eigenvalue weighted by molar-refractivity contribution is 0.597. The predicted octanol–water partition coefficient (Wildman–Crippen LogP) is 4.65. The Morgan fingerprint density at radius 3 is 2.52 bits per heavy atom. The Bertz CT molecular complexity index is 589. The average Bonchev–Trinajstić information content (AvgIpc) is 2.49. The molecule has 0 aromatic heterocycles. The predicted molar refractivity (Wildman–Crippen MR) is 87.8 cm³/mol. The first-order valence-corrected chi connectivity index (χ1v) is 8.36. The van der Waals surface area contributed by atoms with E-state index in [0.717, 1.165) is 22.6 Å². The van der Waals surface area contributed by atoms with Gasteiger partial charge in [-0.25, -0.2) is 8.78 Å². The van der Waals surface area contributed by atoms with Gasteiger partial charge in [0.25, 0.3) is 0 Å². The lowest BCUT2D eigenvalue weighted by atomic mass is 10.1. The van der Waals surface area contributed by atoms with E-state index in [9.17, 15) is 8.78 Å². The zero-order valence-corrected chi connectivity index (χ0v) is 14.0. The van der Waals surface area contributed by atoms with E-state index in [4.69, 9.17) is 0 Å². The topological polar surface area (TPSA) is 12.0 Å². The Balaban J connectivity index is 1.97.